The zero-order valence-electron chi connectivity index (χ0n) is 9.92. The van der Waals surface area contributed by atoms with E-state index in [9.17, 15) is 0 Å². The molecule has 1 unspecified atom stereocenters. The van der Waals surface area contributed by atoms with Gasteiger partial charge in [-0.1, -0.05) is 29.6 Å². The van der Waals surface area contributed by atoms with Gasteiger partial charge in [-0.15, -0.1) is 0 Å². The van der Waals surface area contributed by atoms with Crippen LogP contribution in [0.1, 0.15) is 25.7 Å². The van der Waals surface area contributed by atoms with Crippen molar-refractivity contribution in [3.8, 4) is 0 Å². The average molecular weight is 274 g/mol. The molecule has 1 aromatic rings. The molecule has 1 fully saturated rings. The normalized spacial score (nSPS) is 21.4. The summed E-state index contributed by atoms with van der Waals surface area (Å²) in [6.07, 6.45) is 7.05. The van der Waals surface area contributed by atoms with Crippen LogP contribution in [0, 0.1) is 0 Å². The predicted molar refractivity (Wildman–Crippen MR) is 72.9 cm³/mol. The molecule has 3 nitrogen and oxygen atoms in total. The first-order valence-electron chi connectivity index (χ1n) is 5.97. The first-order chi connectivity index (χ1) is 8.22. The Morgan fingerprint density at radius 1 is 1.35 bits per heavy atom. The van der Waals surface area contributed by atoms with Gasteiger partial charge in [-0.25, -0.2) is 4.98 Å². The van der Waals surface area contributed by atoms with Gasteiger partial charge < -0.3 is 10.2 Å². The molecule has 0 bridgehead atoms. The van der Waals surface area contributed by atoms with Crippen LogP contribution in [-0.4, -0.2) is 24.7 Å². The number of aromatic nitrogens is 1. The number of hydrogen-bond donors (Lipinski definition) is 1. The van der Waals surface area contributed by atoms with E-state index in [1.165, 1.54) is 19.3 Å². The van der Waals surface area contributed by atoms with Crippen LogP contribution < -0.4 is 10.2 Å². The van der Waals surface area contributed by atoms with Crippen molar-refractivity contribution in [1.82, 2.24) is 10.3 Å². The molecular weight excluding hydrogens is 257 g/mol. The summed E-state index contributed by atoms with van der Waals surface area (Å²) in [7, 11) is 1.99. The van der Waals surface area contributed by atoms with Gasteiger partial charge >= 0.3 is 0 Å². The Kier molecular flexibility index (Phi) is 4.48. The molecule has 17 heavy (non-hydrogen) atoms. The van der Waals surface area contributed by atoms with Crippen molar-refractivity contribution in [3.05, 3.63) is 22.4 Å². The number of pyridine rings is 1. The third kappa shape index (κ3) is 3.03. The van der Waals surface area contributed by atoms with E-state index in [0.29, 0.717) is 16.3 Å². The molecule has 1 saturated heterocycles. The van der Waals surface area contributed by atoms with Crippen LogP contribution in [0.2, 0.25) is 10.2 Å². The monoisotopic (exact) mass is 273 g/mol. The molecule has 0 radical (unpaired) electrons. The van der Waals surface area contributed by atoms with Crippen LogP contribution in [0.25, 0.3) is 0 Å². The minimum Gasteiger partial charge on any atom is -0.355 e. The third-order valence-electron chi connectivity index (χ3n) is 3.20. The van der Waals surface area contributed by atoms with Crippen molar-refractivity contribution in [2.45, 2.75) is 31.8 Å². The van der Waals surface area contributed by atoms with Crippen LogP contribution in [0.3, 0.4) is 0 Å². The number of rotatable bonds is 2. The number of anilines is 1. The van der Waals surface area contributed by atoms with E-state index in [0.717, 1.165) is 18.7 Å². The Bertz CT molecular complexity index is 384. The lowest BCUT2D eigenvalue weighted by molar-refractivity contribution is 0.507. The minimum atomic E-state index is 0.358. The van der Waals surface area contributed by atoms with Gasteiger partial charge in [0.15, 0.2) is 0 Å². The second kappa shape index (κ2) is 5.89. The van der Waals surface area contributed by atoms with E-state index < -0.39 is 0 Å². The fourth-order valence-electron chi connectivity index (χ4n) is 2.29. The summed E-state index contributed by atoms with van der Waals surface area (Å²) in [6, 6.07) is 1.90. The van der Waals surface area contributed by atoms with Crippen LogP contribution in [-0.2, 0) is 0 Å². The minimum absolute atomic E-state index is 0.358. The van der Waals surface area contributed by atoms with Gasteiger partial charge in [0, 0.05) is 6.54 Å². The largest absolute Gasteiger partial charge is 0.355 e. The molecule has 5 heteroatoms. The van der Waals surface area contributed by atoms with E-state index in [2.05, 4.69) is 15.2 Å². The highest BCUT2D eigenvalue weighted by atomic mass is 35.5. The summed E-state index contributed by atoms with van der Waals surface area (Å²) < 4.78 is 0. The van der Waals surface area contributed by atoms with Crippen molar-refractivity contribution < 1.29 is 0 Å². The topological polar surface area (TPSA) is 28.2 Å². The quantitative estimate of drug-likeness (QED) is 0.838. The Balaban J connectivity index is 2.25. The molecule has 2 rings (SSSR count). The smallest absolute Gasteiger partial charge is 0.147 e. The Morgan fingerprint density at radius 3 is 2.88 bits per heavy atom. The van der Waals surface area contributed by atoms with Gasteiger partial charge in [-0.05, 0) is 32.4 Å². The number of nitrogens with zero attached hydrogens (tertiary/aromatic N) is 2. The molecule has 94 valence electrons. The Labute approximate surface area is 112 Å². The summed E-state index contributed by atoms with van der Waals surface area (Å²) in [5, 5.41) is 4.23. The van der Waals surface area contributed by atoms with Gasteiger partial charge in [0.2, 0.25) is 0 Å². The lowest BCUT2D eigenvalue weighted by atomic mass is 10.2. The van der Waals surface area contributed by atoms with Gasteiger partial charge in [0.1, 0.15) is 5.15 Å². The summed E-state index contributed by atoms with van der Waals surface area (Å²) in [5.74, 6) is 0. The van der Waals surface area contributed by atoms with E-state index >= 15 is 0 Å². The molecule has 1 aliphatic rings. The highest BCUT2D eigenvalue weighted by Crippen LogP contribution is 2.28. The molecule has 0 saturated carbocycles. The fourth-order valence-corrected chi connectivity index (χ4v) is 2.55. The van der Waals surface area contributed by atoms with Crippen molar-refractivity contribution in [3.63, 3.8) is 0 Å². The fraction of sp³-hybridized carbons (Fsp3) is 0.583. The highest BCUT2D eigenvalue weighted by molar-refractivity contribution is 6.41. The maximum absolute atomic E-state index is 6.02. The molecule has 1 N–H and O–H groups in total. The predicted octanol–water partition coefficient (Wildman–Crippen LogP) is 3.31. The molecule has 1 atom stereocenters. The van der Waals surface area contributed by atoms with E-state index in [1.807, 2.05) is 13.1 Å². The van der Waals surface area contributed by atoms with Crippen LogP contribution in [0.15, 0.2) is 12.3 Å². The second-order valence-electron chi connectivity index (χ2n) is 4.31. The summed E-state index contributed by atoms with van der Waals surface area (Å²) in [5.41, 5.74) is 1.04. The SMILES string of the molecule is CNC1CCCCCN1c1cnc(Cl)c(Cl)c1. The van der Waals surface area contributed by atoms with Crippen molar-refractivity contribution in [2.75, 3.05) is 18.5 Å². The van der Waals surface area contributed by atoms with Crippen LogP contribution in [0.4, 0.5) is 5.69 Å². The van der Waals surface area contributed by atoms with Crippen molar-refractivity contribution >= 4 is 28.9 Å². The number of nitrogens with one attached hydrogen (secondary N) is 1. The van der Waals surface area contributed by atoms with E-state index in [-0.39, 0.29) is 0 Å². The summed E-state index contributed by atoms with van der Waals surface area (Å²) in [6.45, 7) is 1.03. The molecule has 0 amide bonds. The van der Waals surface area contributed by atoms with Gasteiger partial charge in [0.25, 0.3) is 0 Å². The van der Waals surface area contributed by atoms with Gasteiger partial charge in [0.05, 0.1) is 23.1 Å². The Hall–Kier alpha value is -0.510. The molecule has 1 aromatic heterocycles. The average Bonchev–Trinajstić information content (AvgIpc) is 2.57. The number of hydrogen-bond acceptors (Lipinski definition) is 3. The molecular formula is C12H17Cl2N3. The van der Waals surface area contributed by atoms with Crippen LogP contribution in [0.5, 0.6) is 0 Å². The third-order valence-corrected chi connectivity index (χ3v) is 3.89. The molecule has 2 heterocycles. The molecule has 0 spiro atoms. The lowest BCUT2D eigenvalue weighted by Crippen LogP contribution is -2.43. The maximum Gasteiger partial charge on any atom is 0.147 e. The van der Waals surface area contributed by atoms with Crippen molar-refractivity contribution in [2.24, 2.45) is 0 Å². The zero-order valence-corrected chi connectivity index (χ0v) is 11.4. The standard InChI is InChI=1S/C12H17Cl2N3/c1-15-11-5-3-2-4-6-17(11)9-7-10(13)12(14)16-8-9/h7-8,11,15H,2-6H2,1H3. The van der Waals surface area contributed by atoms with Crippen molar-refractivity contribution in [1.29, 1.82) is 0 Å². The van der Waals surface area contributed by atoms with E-state index in [4.69, 9.17) is 23.2 Å². The van der Waals surface area contributed by atoms with Gasteiger partial charge in [-0.3, -0.25) is 0 Å². The summed E-state index contributed by atoms with van der Waals surface area (Å²) in [4.78, 5) is 6.44. The van der Waals surface area contributed by atoms with Crippen LogP contribution >= 0.6 is 23.2 Å². The lowest BCUT2D eigenvalue weighted by Gasteiger charge is -2.31. The highest BCUT2D eigenvalue weighted by Gasteiger charge is 2.20. The first kappa shape index (κ1) is 12.9. The first-order valence-corrected chi connectivity index (χ1v) is 6.73. The van der Waals surface area contributed by atoms with E-state index in [1.54, 1.807) is 6.20 Å². The summed E-state index contributed by atoms with van der Waals surface area (Å²) >= 11 is 11.9. The molecule has 0 aliphatic carbocycles. The zero-order chi connectivity index (χ0) is 12.3. The molecule has 1 aliphatic heterocycles. The second-order valence-corrected chi connectivity index (χ2v) is 5.08. The number of halogens is 2. The van der Waals surface area contributed by atoms with Gasteiger partial charge in [-0.2, -0.15) is 0 Å². The maximum atomic E-state index is 6.02. The molecule has 0 aromatic carbocycles. The Morgan fingerprint density at radius 2 is 2.18 bits per heavy atom.